The Bertz CT molecular complexity index is 520. The molecule has 88 valence electrons. The van der Waals surface area contributed by atoms with Crippen LogP contribution < -0.4 is 9.84 Å². The monoisotopic (exact) mass is 230 g/mol. The molecular weight excluding hydrogens is 218 g/mol. The van der Waals surface area contributed by atoms with Gasteiger partial charge in [-0.25, -0.2) is 0 Å². The Balaban J connectivity index is 2.05. The topological polar surface area (TPSA) is 62.2 Å². The first-order valence-corrected chi connectivity index (χ1v) is 5.44. The van der Waals surface area contributed by atoms with Gasteiger partial charge in [0.25, 0.3) is 0 Å². The van der Waals surface area contributed by atoms with Crippen LogP contribution in [0.1, 0.15) is 12.8 Å². The molecule has 0 fully saturated rings. The van der Waals surface area contributed by atoms with Crippen molar-refractivity contribution in [2.75, 3.05) is 6.61 Å². The maximum Gasteiger partial charge on any atom is 0.145 e. The quantitative estimate of drug-likeness (QED) is 0.723. The van der Waals surface area contributed by atoms with Crippen molar-refractivity contribution in [2.45, 2.75) is 12.8 Å². The number of aliphatic carboxylic acids is 1. The van der Waals surface area contributed by atoms with E-state index in [1.807, 2.05) is 30.3 Å². The van der Waals surface area contributed by atoms with E-state index in [2.05, 4.69) is 4.98 Å². The van der Waals surface area contributed by atoms with Crippen LogP contribution in [0.25, 0.3) is 10.9 Å². The van der Waals surface area contributed by atoms with Crippen molar-refractivity contribution in [3.8, 4) is 5.75 Å². The predicted molar refractivity (Wildman–Crippen MR) is 61.5 cm³/mol. The molecule has 0 spiro atoms. The van der Waals surface area contributed by atoms with E-state index in [1.54, 1.807) is 6.20 Å². The third kappa shape index (κ3) is 2.93. The van der Waals surface area contributed by atoms with Gasteiger partial charge in [0.05, 0.1) is 6.61 Å². The van der Waals surface area contributed by atoms with Crippen LogP contribution >= 0.6 is 0 Å². The van der Waals surface area contributed by atoms with Crippen molar-refractivity contribution in [3.63, 3.8) is 0 Å². The second-order valence-corrected chi connectivity index (χ2v) is 3.66. The Kier molecular flexibility index (Phi) is 3.55. The van der Waals surface area contributed by atoms with Crippen molar-refractivity contribution < 1.29 is 14.6 Å². The number of carbonyl (C=O) groups is 1. The van der Waals surface area contributed by atoms with Crippen LogP contribution in [0, 0.1) is 0 Å². The maximum atomic E-state index is 10.2. The van der Waals surface area contributed by atoms with E-state index in [4.69, 9.17) is 4.74 Å². The molecule has 0 unspecified atom stereocenters. The molecule has 1 aromatic heterocycles. The van der Waals surface area contributed by atoms with Gasteiger partial charge in [-0.1, -0.05) is 18.2 Å². The molecule has 0 radical (unpaired) electrons. The van der Waals surface area contributed by atoms with Crippen LogP contribution in [0.2, 0.25) is 0 Å². The molecule has 0 aliphatic rings. The normalized spacial score (nSPS) is 10.4. The fourth-order valence-corrected chi connectivity index (χ4v) is 1.59. The molecule has 4 nitrogen and oxygen atoms in total. The molecule has 0 saturated carbocycles. The zero-order chi connectivity index (χ0) is 12.1. The largest absolute Gasteiger partial charge is 0.550 e. The first kappa shape index (κ1) is 11.4. The summed E-state index contributed by atoms with van der Waals surface area (Å²) in [7, 11) is 0. The van der Waals surface area contributed by atoms with Gasteiger partial charge in [-0.05, 0) is 25.0 Å². The van der Waals surface area contributed by atoms with Crippen molar-refractivity contribution in [1.82, 2.24) is 4.98 Å². The molecule has 0 bridgehead atoms. The number of hydrogen-bond donors (Lipinski definition) is 0. The van der Waals surface area contributed by atoms with Crippen LogP contribution in [0.15, 0.2) is 36.5 Å². The van der Waals surface area contributed by atoms with Gasteiger partial charge < -0.3 is 14.6 Å². The minimum absolute atomic E-state index is 0.0121. The number of hydrogen-bond acceptors (Lipinski definition) is 4. The number of carbonyl (C=O) groups excluding carboxylic acids is 1. The van der Waals surface area contributed by atoms with Gasteiger partial charge in [0.15, 0.2) is 0 Å². The van der Waals surface area contributed by atoms with Crippen LogP contribution in [-0.2, 0) is 4.79 Å². The maximum absolute atomic E-state index is 10.2. The van der Waals surface area contributed by atoms with Gasteiger partial charge in [-0.15, -0.1) is 0 Å². The molecule has 1 aromatic carbocycles. The summed E-state index contributed by atoms with van der Waals surface area (Å²) in [6.07, 6.45) is 2.15. The van der Waals surface area contributed by atoms with E-state index in [0.29, 0.717) is 18.8 Å². The third-order valence-electron chi connectivity index (χ3n) is 2.38. The Morgan fingerprint density at radius 1 is 1.29 bits per heavy atom. The predicted octanol–water partition coefficient (Wildman–Crippen LogP) is 1.14. The van der Waals surface area contributed by atoms with E-state index in [-0.39, 0.29) is 6.42 Å². The van der Waals surface area contributed by atoms with Crippen LogP contribution in [0.5, 0.6) is 5.75 Å². The fraction of sp³-hybridized carbons (Fsp3) is 0.231. The average Bonchev–Trinajstić information content (AvgIpc) is 2.34. The molecule has 0 atom stereocenters. The molecule has 2 aromatic rings. The summed E-state index contributed by atoms with van der Waals surface area (Å²) in [6.45, 7) is 0.351. The highest BCUT2D eigenvalue weighted by Crippen LogP contribution is 2.22. The molecule has 0 N–H and O–H groups in total. The Morgan fingerprint density at radius 2 is 2.12 bits per heavy atom. The summed E-state index contributed by atoms with van der Waals surface area (Å²) in [5, 5.41) is 11.2. The molecule has 0 amide bonds. The number of pyridine rings is 1. The van der Waals surface area contributed by atoms with Gasteiger partial charge >= 0.3 is 0 Å². The number of ether oxygens (including phenoxy) is 1. The molecule has 17 heavy (non-hydrogen) atoms. The number of nitrogens with zero attached hydrogens (tertiary/aromatic N) is 1. The van der Waals surface area contributed by atoms with E-state index in [9.17, 15) is 9.90 Å². The molecule has 0 saturated heterocycles. The van der Waals surface area contributed by atoms with Gasteiger partial charge in [0, 0.05) is 17.6 Å². The van der Waals surface area contributed by atoms with Gasteiger partial charge in [0.2, 0.25) is 0 Å². The zero-order valence-electron chi connectivity index (χ0n) is 9.26. The second kappa shape index (κ2) is 5.30. The zero-order valence-corrected chi connectivity index (χ0v) is 9.26. The fourth-order valence-electron chi connectivity index (χ4n) is 1.59. The van der Waals surface area contributed by atoms with Crippen LogP contribution in [0.3, 0.4) is 0 Å². The third-order valence-corrected chi connectivity index (χ3v) is 2.38. The smallest absolute Gasteiger partial charge is 0.145 e. The SMILES string of the molecule is O=C([O-])CCCOc1cccc2cccnc12. The number of carboxylic acids is 1. The summed E-state index contributed by atoms with van der Waals surface area (Å²) in [6, 6.07) is 9.49. The first-order chi connectivity index (χ1) is 8.27. The lowest BCUT2D eigenvalue weighted by Gasteiger charge is -2.08. The Labute approximate surface area is 98.9 Å². The van der Waals surface area contributed by atoms with Crippen LogP contribution in [-0.4, -0.2) is 17.6 Å². The number of para-hydroxylation sites is 1. The molecule has 0 aliphatic carbocycles. The molecule has 1 heterocycles. The minimum Gasteiger partial charge on any atom is -0.550 e. The lowest BCUT2D eigenvalue weighted by atomic mass is 10.2. The summed E-state index contributed by atoms with van der Waals surface area (Å²) < 4.78 is 5.52. The highest BCUT2D eigenvalue weighted by Gasteiger charge is 2.01. The Hall–Kier alpha value is -2.10. The highest BCUT2D eigenvalue weighted by atomic mass is 16.5. The number of carboxylic acid groups (broad SMARTS) is 1. The molecule has 4 heteroatoms. The molecular formula is C13H12NO3-. The van der Waals surface area contributed by atoms with E-state index >= 15 is 0 Å². The Morgan fingerprint density at radius 3 is 2.94 bits per heavy atom. The van der Waals surface area contributed by atoms with Gasteiger partial charge in [-0.2, -0.15) is 0 Å². The number of aromatic nitrogens is 1. The lowest BCUT2D eigenvalue weighted by Crippen LogP contribution is -2.22. The summed E-state index contributed by atoms with van der Waals surface area (Å²) in [5.41, 5.74) is 0.795. The average molecular weight is 230 g/mol. The van der Waals surface area contributed by atoms with Crippen molar-refractivity contribution in [3.05, 3.63) is 36.5 Å². The number of rotatable bonds is 5. The van der Waals surface area contributed by atoms with Gasteiger partial charge in [0.1, 0.15) is 11.3 Å². The summed E-state index contributed by atoms with van der Waals surface area (Å²) in [5.74, 6) is -0.369. The number of benzene rings is 1. The minimum atomic E-state index is -1.05. The van der Waals surface area contributed by atoms with E-state index < -0.39 is 5.97 Å². The first-order valence-electron chi connectivity index (χ1n) is 5.44. The number of fused-ring (bicyclic) bond motifs is 1. The van der Waals surface area contributed by atoms with Crippen molar-refractivity contribution in [1.29, 1.82) is 0 Å². The van der Waals surface area contributed by atoms with Crippen molar-refractivity contribution >= 4 is 16.9 Å². The highest BCUT2D eigenvalue weighted by molar-refractivity contribution is 5.84. The lowest BCUT2D eigenvalue weighted by molar-refractivity contribution is -0.305. The second-order valence-electron chi connectivity index (χ2n) is 3.66. The van der Waals surface area contributed by atoms with E-state index in [0.717, 1.165) is 10.9 Å². The molecule has 0 aliphatic heterocycles. The summed E-state index contributed by atoms with van der Waals surface area (Å²) in [4.78, 5) is 14.5. The molecule has 2 rings (SSSR count). The standard InChI is InChI=1S/C13H13NO3/c15-12(16)7-3-9-17-11-6-1-4-10-5-2-8-14-13(10)11/h1-2,4-6,8H,3,7,9H2,(H,15,16)/p-1. The van der Waals surface area contributed by atoms with E-state index in [1.165, 1.54) is 0 Å². The summed E-state index contributed by atoms with van der Waals surface area (Å²) >= 11 is 0. The van der Waals surface area contributed by atoms with Crippen molar-refractivity contribution in [2.24, 2.45) is 0 Å². The van der Waals surface area contributed by atoms with Gasteiger partial charge in [-0.3, -0.25) is 4.98 Å². The van der Waals surface area contributed by atoms with Crippen LogP contribution in [0.4, 0.5) is 0 Å².